The van der Waals surface area contributed by atoms with E-state index in [0.29, 0.717) is 44.3 Å². The molecule has 0 radical (unpaired) electrons. The van der Waals surface area contributed by atoms with Gasteiger partial charge in [-0.1, -0.05) is 6.92 Å². The molecule has 1 aliphatic heterocycles. The molecule has 0 aliphatic carbocycles. The van der Waals surface area contributed by atoms with Crippen LogP contribution in [0.4, 0.5) is 0 Å². The third-order valence-corrected chi connectivity index (χ3v) is 4.22. The maximum Gasteiger partial charge on any atom is 0.280 e. The maximum absolute atomic E-state index is 11.9. The standard InChI is InChI=1S/C13H19N3O3S/c1-2-10-9-15-13(20-10)12(18)14-4-3-11(17)16-5-7-19-8-6-16/h9H,2-8H2,1H3,(H,14,18). The van der Waals surface area contributed by atoms with Gasteiger partial charge in [0.25, 0.3) is 5.91 Å². The van der Waals surface area contributed by atoms with Crippen LogP contribution in [0.3, 0.4) is 0 Å². The number of nitrogens with zero attached hydrogens (tertiary/aromatic N) is 2. The smallest absolute Gasteiger partial charge is 0.280 e. The first-order chi connectivity index (χ1) is 9.70. The lowest BCUT2D eigenvalue weighted by Gasteiger charge is -2.26. The van der Waals surface area contributed by atoms with Crippen LogP contribution in [-0.4, -0.2) is 54.5 Å². The molecule has 1 aliphatic rings. The largest absolute Gasteiger partial charge is 0.378 e. The Kier molecular flexibility index (Phi) is 5.49. The Labute approximate surface area is 122 Å². The Bertz CT molecular complexity index is 469. The van der Waals surface area contributed by atoms with Crippen LogP contribution in [0.2, 0.25) is 0 Å². The minimum absolute atomic E-state index is 0.0574. The van der Waals surface area contributed by atoms with Crippen molar-refractivity contribution in [2.75, 3.05) is 32.8 Å². The Morgan fingerprint density at radius 2 is 2.20 bits per heavy atom. The fourth-order valence-electron chi connectivity index (χ4n) is 1.91. The Hall–Kier alpha value is -1.47. The number of morpholine rings is 1. The fraction of sp³-hybridized carbons (Fsp3) is 0.615. The first-order valence-corrected chi connectivity index (χ1v) is 7.60. The summed E-state index contributed by atoms with van der Waals surface area (Å²) in [6.45, 7) is 4.83. The summed E-state index contributed by atoms with van der Waals surface area (Å²) in [4.78, 5) is 30.6. The zero-order valence-electron chi connectivity index (χ0n) is 11.6. The number of hydrogen-bond donors (Lipinski definition) is 1. The third kappa shape index (κ3) is 4.01. The lowest BCUT2D eigenvalue weighted by atomic mass is 10.3. The van der Waals surface area contributed by atoms with Gasteiger partial charge in [-0.05, 0) is 6.42 Å². The van der Waals surface area contributed by atoms with Crippen LogP contribution in [0.15, 0.2) is 6.20 Å². The minimum Gasteiger partial charge on any atom is -0.378 e. The van der Waals surface area contributed by atoms with E-state index < -0.39 is 0 Å². The van der Waals surface area contributed by atoms with Crippen LogP contribution < -0.4 is 5.32 Å². The monoisotopic (exact) mass is 297 g/mol. The van der Waals surface area contributed by atoms with Crippen molar-refractivity contribution in [2.24, 2.45) is 0 Å². The molecule has 1 saturated heterocycles. The summed E-state index contributed by atoms with van der Waals surface area (Å²) in [5.41, 5.74) is 0. The van der Waals surface area contributed by atoms with Gasteiger partial charge in [-0.3, -0.25) is 9.59 Å². The second-order valence-corrected chi connectivity index (χ2v) is 5.60. The number of aryl methyl sites for hydroxylation is 1. The zero-order chi connectivity index (χ0) is 14.4. The van der Waals surface area contributed by atoms with Gasteiger partial charge in [-0.15, -0.1) is 11.3 Å². The molecule has 2 amide bonds. The highest BCUT2D eigenvalue weighted by Crippen LogP contribution is 2.12. The molecule has 0 aromatic carbocycles. The molecule has 110 valence electrons. The van der Waals surface area contributed by atoms with Crippen LogP contribution >= 0.6 is 11.3 Å². The van der Waals surface area contributed by atoms with Gasteiger partial charge in [0, 0.05) is 37.1 Å². The lowest BCUT2D eigenvalue weighted by molar-refractivity contribution is -0.135. The predicted octanol–water partition coefficient (Wildman–Crippen LogP) is 0.684. The van der Waals surface area contributed by atoms with Gasteiger partial charge in [-0.25, -0.2) is 4.98 Å². The van der Waals surface area contributed by atoms with Gasteiger partial charge in [0.15, 0.2) is 5.01 Å². The topological polar surface area (TPSA) is 71.5 Å². The summed E-state index contributed by atoms with van der Waals surface area (Å²) in [5, 5.41) is 3.20. The molecule has 1 aromatic heterocycles. The highest BCUT2D eigenvalue weighted by Gasteiger charge is 2.17. The van der Waals surface area contributed by atoms with Crippen LogP contribution in [0.1, 0.15) is 28.0 Å². The second kappa shape index (κ2) is 7.35. The van der Waals surface area contributed by atoms with Crippen LogP contribution in [0.25, 0.3) is 0 Å². The van der Waals surface area contributed by atoms with E-state index in [4.69, 9.17) is 4.74 Å². The van der Waals surface area contributed by atoms with Crippen molar-refractivity contribution < 1.29 is 14.3 Å². The Balaban J connectivity index is 1.72. The molecule has 0 spiro atoms. The molecule has 0 atom stereocenters. The van der Waals surface area contributed by atoms with E-state index in [1.165, 1.54) is 11.3 Å². The van der Waals surface area contributed by atoms with E-state index >= 15 is 0 Å². The maximum atomic E-state index is 11.9. The van der Waals surface area contributed by atoms with Gasteiger partial charge in [-0.2, -0.15) is 0 Å². The molecular weight excluding hydrogens is 278 g/mol. The van der Waals surface area contributed by atoms with E-state index in [9.17, 15) is 9.59 Å². The number of carbonyl (C=O) groups is 2. The van der Waals surface area contributed by atoms with Gasteiger partial charge in [0.2, 0.25) is 5.91 Å². The molecule has 0 unspecified atom stereocenters. The van der Waals surface area contributed by atoms with Gasteiger partial charge >= 0.3 is 0 Å². The molecule has 1 aromatic rings. The number of nitrogens with one attached hydrogen (secondary N) is 1. The molecular formula is C13H19N3O3S. The number of ether oxygens (including phenoxy) is 1. The third-order valence-electron chi connectivity index (χ3n) is 3.08. The van der Waals surface area contributed by atoms with Crippen molar-refractivity contribution in [3.63, 3.8) is 0 Å². The fourth-order valence-corrected chi connectivity index (χ4v) is 2.67. The van der Waals surface area contributed by atoms with Gasteiger partial charge < -0.3 is 15.0 Å². The Morgan fingerprint density at radius 1 is 1.45 bits per heavy atom. The van der Waals surface area contributed by atoms with E-state index in [-0.39, 0.29) is 11.8 Å². The highest BCUT2D eigenvalue weighted by atomic mass is 32.1. The zero-order valence-corrected chi connectivity index (χ0v) is 12.4. The Morgan fingerprint density at radius 3 is 2.85 bits per heavy atom. The van der Waals surface area contributed by atoms with Gasteiger partial charge in [0.05, 0.1) is 13.2 Å². The number of thiazole rings is 1. The molecule has 0 bridgehead atoms. The molecule has 2 rings (SSSR count). The molecule has 2 heterocycles. The van der Waals surface area contributed by atoms with Crippen LogP contribution in [0, 0.1) is 0 Å². The van der Waals surface area contributed by atoms with Crippen LogP contribution in [0.5, 0.6) is 0 Å². The van der Waals surface area contributed by atoms with E-state index in [1.54, 1.807) is 11.1 Å². The summed E-state index contributed by atoms with van der Waals surface area (Å²) < 4.78 is 5.19. The summed E-state index contributed by atoms with van der Waals surface area (Å²) in [7, 11) is 0. The van der Waals surface area contributed by atoms with Crippen molar-refractivity contribution in [3.8, 4) is 0 Å². The summed E-state index contributed by atoms with van der Waals surface area (Å²) in [6.07, 6.45) is 2.91. The molecule has 0 saturated carbocycles. The van der Waals surface area contributed by atoms with Crippen LogP contribution in [-0.2, 0) is 16.0 Å². The van der Waals surface area contributed by atoms with E-state index in [2.05, 4.69) is 10.3 Å². The van der Waals surface area contributed by atoms with Crippen molar-refractivity contribution in [3.05, 3.63) is 16.1 Å². The van der Waals surface area contributed by atoms with Crippen molar-refractivity contribution in [1.82, 2.24) is 15.2 Å². The first-order valence-electron chi connectivity index (χ1n) is 6.79. The molecule has 7 heteroatoms. The first kappa shape index (κ1) is 14.9. The average molecular weight is 297 g/mol. The number of amides is 2. The normalized spacial score (nSPS) is 15.2. The highest BCUT2D eigenvalue weighted by molar-refractivity contribution is 7.13. The van der Waals surface area contributed by atoms with Gasteiger partial charge in [0.1, 0.15) is 0 Å². The van der Waals surface area contributed by atoms with Crippen molar-refractivity contribution in [2.45, 2.75) is 19.8 Å². The van der Waals surface area contributed by atoms with E-state index in [1.807, 2.05) is 6.92 Å². The number of hydrogen-bond acceptors (Lipinski definition) is 5. The SMILES string of the molecule is CCc1cnc(C(=O)NCCC(=O)N2CCOCC2)s1. The molecule has 20 heavy (non-hydrogen) atoms. The number of aromatic nitrogens is 1. The lowest BCUT2D eigenvalue weighted by Crippen LogP contribution is -2.42. The molecule has 1 fully saturated rings. The van der Waals surface area contributed by atoms with Crippen molar-refractivity contribution in [1.29, 1.82) is 0 Å². The molecule has 6 nitrogen and oxygen atoms in total. The van der Waals surface area contributed by atoms with Crippen molar-refractivity contribution >= 4 is 23.2 Å². The number of rotatable bonds is 5. The summed E-state index contributed by atoms with van der Waals surface area (Å²) >= 11 is 1.39. The van der Waals surface area contributed by atoms with E-state index in [0.717, 1.165) is 11.3 Å². The predicted molar refractivity (Wildman–Crippen MR) is 75.8 cm³/mol. The minimum atomic E-state index is -0.204. The quantitative estimate of drug-likeness (QED) is 0.868. The average Bonchev–Trinajstić information content (AvgIpc) is 2.97. The summed E-state index contributed by atoms with van der Waals surface area (Å²) in [6, 6.07) is 0. The number of carbonyl (C=O) groups excluding carboxylic acids is 2. The summed E-state index contributed by atoms with van der Waals surface area (Å²) in [5.74, 6) is -0.147. The second-order valence-electron chi connectivity index (χ2n) is 4.48. The molecule has 1 N–H and O–H groups in total.